The summed E-state index contributed by atoms with van der Waals surface area (Å²) in [5.74, 6) is -0.283. The molecule has 4 nitrogen and oxygen atoms in total. The summed E-state index contributed by atoms with van der Waals surface area (Å²) in [5.41, 5.74) is 4.62. The first-order chi connectivity index (χ1) is 17.8. The Hall–Kier alpha value is -2.74. The fourth-order valence-corrected chi connectivity index (χ4v) is 8.79. The molecule has 0 saturated carbocycles. The van der Waals surface area contributed by atoms with Crippen molar-refractivity contribution < 1.29 is 14.3 Å². The molecule has 0 radical (unpaired) electrons. The van der Waals surface area contributed by atoms with Crippen molar-refractivity contribution in [2.75, 3.05) is 4.90 Å². The van der Waals surface area contributed by atoms with Gasteiger partial charge in [-0.1, -0.05) is 96.3 Å². The zero-order chi connectivity index (χ0) is 25.5. The van der Waals surface area contributed by atoms with E-state index in [9.17, 15) is 9.59 Å². The van der Waals surface area contributed by atoms with E-state index >= 15 is 0 Å². The van der Waals surface area contributed by atoms with Crippen molar-refractivity contribution in [1.82, 2.24) is 0 Å². The summed E-state index contributed by atoms with van der Waals surface area (Å²) < 4.78 is 5.31. The van der Waals surface area contributed by atoms with Gasteiger partial charge in [0.25, 0.3) is 0 Å². The van der Waals surface area contributed by atoms with E-state index in [0.29, 0.717) is 17.2 Å². The monoisotopic (exact) mass is 677 g/mol. The predicted molar refractivity (Wildman–Crippen MR) is 152 cm³/mol. The molecule has 4 aromatic carbocycles. The molecule has 4 aromatic rings. The maximum atomic E-state index is 14.1. The van der Waals surface area contributed by atoms with Crippen LogP contribution in [0, 0.1) is 11.8 Å². The molecule has 0 aromatic heterocycles. The number of carbonyl (C=O) groups is 2. The SMILES string of the molecule is O=C1[C@@H]2[C@H](C(=O)N1c1ccc(Oc3ccc(Br)cc3)cc1)C1(Br)c3ccccc3C2(Br)c2ccccc21. The molecule has 0 spiro atoms. The summed E-state index contributed by atoms with van der Waals surface area (Å²) in [6.45, 7) is 0. The quantitative estimate of drug-likeness (QED) is 0.165. The summed E-state index contributed by atoms with van der Waals surface area (Å²) in [6.07, 6.45) is 0. The first-order valence-corrected chi connectivity index (χ1v) is 14.2. The minimum absolute atomic E-state index is 0.207. The molecule has 1 aliphatic heterocycles. The minimum Gasteiger partial charge on any atom is -0.457 e. The van der Waals surface area contributed by atoms with E-state index in [0.717, 1.165) is 26.7 Å². The van der Waals surface area contributed by atoms with E-state index in [2.05, 4.69) is 72.1 Å². The third-order valence-electron chi connectivity index (χ3n) is 7.73. The molecule has 2 amide bonds. The van der Waals surface area contributed by atoms with Crippen molar-refractivity contribution in [3.63, 3.8) is 0 Å². The molecule has 1 saturated heterocycles. The van der Waals surface area contributed by atoms with Gasteiger partial charge >= 0.3 is 0 Å². The van der Waals surface area contributed by atoms with Gasteiger partial charge in [-0.05, 0) is 70.8 Å². The number of halogens is 3. The molecule has 0 N–H and O–H groups in total. The molecule has 2 bridgehead atoms. The number of nitrogens with zero attached hydrogens (tertiary/aromatic N) is 1. The fourth-order valence-electron chi connectivity index (χ4n) is 6.22. The van der Waals surface area contributed by atoms with Crippen molar-refractivity contribution in [3.05, 3.63) is 124 Å². The summed E-state index contributed by atoms with van der Waals surface area (Å²) in [5, 5.41) is 0. The average molecular weight is 680 g/mol. The topological polar surface area (TPSA) is 46.6 Å². The van der Waals surface area contributed by atoms with Crippen molar-refractivity contribution in [3.8, 4) is 11.5 Å². The second kappa shape index (κ2) is 8.13. The highest BCUT2D eigenvalue weighted by molar-refractivity contribution is 9.10. The third kappa shape index (κ3) is 3.05. The van der Waals surface area contributed by atoms with Gasteiger partial charge in [0.1, 0.15) is 11.5 Å². The van der Waals surface area contributed by atoms with Gasteiger partial charge in [0, 0.05) is 4.47 Å². The summed E-state index contributed by atoms with van der Waals surface area (Å²) >= 11 is 11.5. The van der Waals surface area contributed by atoms with Crippen LogP contribution in [0.4, 0.5) is 5.69 Å². The van der Waals surface area contributed by atoms with Gasteiger partial charge in [-0.2, -0.15) is 0 Å². The highest BCUT2D eigenvalue weighted by atomic mass is 79.9. The highest BCUT2D eigenvalue weighted by Gasteiger charge is 2.72. The Balaban J connectivity index is 1.31. The summed E-state index contributed by atoms with van der Waals surface area (Å²) in [6, 6.07) is 30.8. The second-order valence-corrected chi connectivity index (χ2v) is 12.9. The normalized spacial score (nSPS) is 27.1. The maximum absolute atomic E-state index is 14.1. The number of rotatable bonds is 3. The Kier molecular flexibility index (Phi) is 5.14. The van der Waals surface area contributed by atoms with E-state index < -0.39 is 20.5 Å². The van der Waals surface area contributed by atoms with E-state index in [1.54, 1.807) is 24.3 Å². The summed E-state index contributed by atoms with van der Waals surface area (Å²) in [7, 11) is 0. The number of hydrogen-bond donors (Lipinski definition) is 0. The highest BCUT2D eigenvalue weighted by Crippen LogP contribution is 2.70. The van der Waals surface area contributed by atoms with Crippen molar-refractivity contribution >= 4 is 65.3 Å². The molecule has 0 unspecified atom stereocenters. The second-order valence-electron chi connectivity index (χ2n) is 9.53. The molecule has 8 rings (SSSR count). The lowest BCUT2D eigenvalue weighted by molar-refractivity contribution is -0.122. The molecular weight excluding hydrogens is 662 g/mol. The molecule has 3 aliphatic carbocycles. The Labute approximate surface area is 239 Å². The largest absolute Gasteiger partial charge is 0.457 e. The van der Waals surface area contributed by atoms with Crippen molar-refractivity contribution in [2.45, 2.75) is 8.65 Å². The molecule has 1 fully saturated rings. The number of hydrogen-bond acceptors (Lipinski definition) is 3. The van der Waals surface area contributed by atoms with E-state index in [4.69, 9.17) is 4.74 Å². The lowest BCUT2D eigenvalue weighted by Gasteiger charge is -2.55. The molecule has 37 heavy (non-hydrogen) atoms. The number of carbonyl (C=O) groups excluding carboxylic acids is 2. The van der Waals surface area contributed by atoms with Gasteiger partial charge in [-0.3, -0.25) is 9.59 Å². The standard InChI is InChI=1S/C30H18Br3NO3/c31-17-9-13-19(14-10-17)37-20-15-11-18(12-16-20)34-27(35)25-26(28(34)36)30(33)22-6-2-1-5-21(22)29(25,32)23-7-3-4-8-24(23)30/h1-16,25-26H/t25-,26+,29?,30?. The Bertz CT molecular complexity index is 1480. The Morgan fingerprint density at radius 3 is 1.38 bits per heavy atom. The van der Waals surface area contributed by atoms with Crippen LogP contribution >= 0.6 is 47.8 Å². The fraction of sp³-hybridized carbons (Fsp3) is 0.133. The van der Waals surface area contributed by atoms with Crippen LogP contribution in [-0.4, -0.2) is 11.8 Å². The van der Waals surface area contributed by atoms with E-state index in [1.165, 1.54) is 4.90 Å². The third-order valence-corrected chi connectivity index (χ3v) is 11.0. The molecular formula is C30H18Br3NO3. The van der Waals surface area contributed by atoms with E-state index in [1.807, 2.05) is 48.5 Å². The predicted octanol–water partition coefficient (Wildman–Crippen LogP) is 7.65. The smallest absolute Gasteiger partial charge is 0.239 e. The van der Waals surface area contributed by atoms with Crippen molar-refractivity contribution in [2.24, 2.45) is 11.8 Å². The number of benzene rings is 4. The van der Waals surface area contributed by atoms with Crippen LogP contribution in [0.2, 0.25) is 0 Å². The Morgan fingerprint density at radius 2 is 0.973 bits per heavy atom. The van der Waals surface area contributed by atoms with E-state index in [-0.39, 0.29) is 11.8 Å². The molecule has 182 valence electrons. The minimum atomic E-state index is -0.799. The van der Waals surface area contributed by atoms with Gasteiger partial charge in [0.15, 0.2) is 0 Å². The van der Waals surface area contributed by atoms with Crippen LogP contribution in [0.5, 0.6) is 11.5 Å². The van der Waals surface area contributed by atoms with Gasteiger partial charge in [-0.25, -0.2) is 4.90 Å². The van der Waals surface area contributed by atoms with Gasteiger partial charge < -0.3 is 4.74 Å². The molecule has 1 heterocycles. The van der Waals surface area contributed by atoms with Gasteiger partial charge in [0.05, 0.1) is 26.2 Å². The zero-order valence-electron chi connectivity index (χ0n) is 19.2. The van der Waals surface area contributed by atoms with Crippen molar-refractivity contribution in [1.29, 1.82) is 0 Å². The van der Waals surface area contributed by atoms with Gasteiger partial charge in [0.2, 0.25) is 11.8 Å². The first-order valence-electron chi connectivity index (χ1n) is 11.8. The van der Waals surface area contributed by atoms with Crippen LogP contribution in [0.1, 0.15) is 22.3 Å². The molecule has 2 atom stereocenters. The number of amides is 2. The van der Waals surface area contributed by atoms with Crippen LogP contribution < -0.4 is 9.64 Å². The number of anilines is 1. The lowest BCUT2D eigenvalue weighted by atomic mass is 9.54. The maximum Gasteiger partial charge on any atom is 0.239 e. The first kappa shape index (κ1) is 23.4. The lowest BCUT2D eigenvalue weighted by Crippen LogP contribution is -2.56. The van der Waals surface area contributed by atoms with Crippen LogP contribution in [0.25, 0.3) is 0 Å². The van der Waals surface area contributed by atoms with Gasteiger partial charge in [-0.15, -0.1) is 0 Å². The zero-order valence-corrected chi connectivity index (χ0v) is 24.0. The van der Waals surface area contributed by atoms with Crippen LogP contribution in [0.3, 0.4) is 0 Å². The number of imide groups is 1. The number of ether oxygens (including phenoxy) is 1. The van der Waals surface area contributed by atoms with Crippen LogP contribution in [-0.2, 0) is 18.2 Å². The molecule has 7 heteroatoms. The number of alkyl halides is 2. The van der Waals surface area contributed by atoms with Crippen LogP contribution in [0.15, 0.2) is 102 Å². The average Bonchev–Trinajstić information content (AvgIpc) is 3.20. The molecule has 4 aliphatic rings. The Morgan fingerprint density at radius 1 is 0.595 bits per heavy atom. The summed E-state index contributed by atoms with van der Waals surface area (Å²) in [4.78, 5) is 29.6.